The molecular weight excluding hydrogens is 378 g/mol. The number of anilines is 1. The van der Waals surface area contributed by atoms with Gasteiger partial charge in [-0.3, -0.25) is 4.79 Å². The smallest absolute Gasteiger partial charge is 0.271 e. The van der Waals surface area contributed by atoms with Crippen molar-refractivity contribution in [2.24, 2.45) is 5.10 Å². The molecule has 6 heteroatoms. The zero-order valence-electron chi connectivity index (χ0n) is 16.7. The first-order valence-corrected chi connectivity index (χ1v) is 9.84. The van der Waals surface area contributed by atoms with Gasteiger partial charge in [0, 0.05) is 24.3 Å². The summed E-state index contributed by atoms with van der Waals surface area (Å²) in [6.07, 6.45) is 1.50. The Bertz CT molecular complexity index is 1080. The van der Waals surface area contributed by atoms with Crippen LogP contribution in [0, 0.1) is 0 Å². The summed E-state index contributed by atoms with van der Waals surface area (Å²) in [5.41, 5.74) is 7.28. The van der Waals surface area contributed by atoms with Gasteiger partial charge in [0.05, 0.1) is 12.8 Å². The molecule has 1 heterocycles. The standard InChI is InChI=1S/C24H23N3O3/c1-2-30-23-10-8-21(9-11-23)27-15-19-7-6-18(13-20(19)16-27)24(29)26-25-14-17-4-3-5-22(28)12-17/h3-14,28H,2,15-16H2,1H3,(H,26,29)/b25-14-. The maximum atomic E-state index is 12.5. The number of hydrogen-bond acceptors (Lipinski definition) is 5. The second kappa shape index (κ2) is 8.69. The van der Waals surface area contributed by atoms with Crippen LogP contribution in [0.3, 0.4) is 0 Å². The Balaban J connectivity index is 1.40. The van der Waals surface area contributed by atoms with Gasteiger partial charge in [0.2, 0.25) is 0 Å². The Morgan fingerprint density at radius 2 is 1.90 bits per heavy atom. The predicted octanol–water partition coefficient (Wildman–Crippen LogP) is 4.08. The third-order valence-electron chi connectivity index (χ3n) is 4.95. The van der Waals surface area contributed by atoms with E-state index in [2.05, 4.69) is 27.6 Å². The van der Waals surface area contributed by atoms with Crippen molar-refractivity contribution in [2.75, 3.05) is 11.5 Å². The number of rotatable bonds is 6. The third kappa shape index (κ3) is 4.43. The van der Waals surface area contributed by atoms with E-state index >= 15 is 0 Å². The van der Waals surface area contributed by atoms with Gasteiger partial charge in [-0.1, -0.05) is 18.2 Å². The number of nitrogens with zero attached hydrogens (tertiary/aromatic N) is 2. The van der Waals surface area contributed by atoms with Crippen molar-refractivity contribution < 1.29 is 14.6 Å². The summed E-state index contributed by atoms with van der Waals surface area (Å²) in [4.78, 5) is 14.7. The number of hydrogen-bond donors (Lipinski definition) is 2. The van der Waals surface area contributed by atoms with Crippen LogP contribution in [0.5, 0.6) is 11.5 Å². The molecule has 0 saturated carbocycles. The third-order valence-corrected chi connectivity index (χ3v) is 4.95. The molecule has 1 aliphatic heterocycles. The number of ether oxygens (including phenoxy) is 1. The van der Waals surface area contributed by atoms with Gasteiger partial charge in [-0.25, -0.2) is 5.43 Å². The van der Waals surface area contributed by atoms with Gasteiger partial charge >= 0.3 is 0 Å². The van der Waals surface area contributed by atoms with Gasteiger partial charge < -0.3 is 14.7 Å². The Morgan fingerprint density at radius 3 is 2.67 bits per heavy atom. The van der Waals surface area contributed by atoms with E-state index in [1.807, 2.05) is 37.3 Å². The van der Waals surface area contributed by atoms with E-state index in [4.69, 9.17) is 4.74 Å². The Labute approximate surface area is 175 Å². The maximum absolute atomic E-state index is 12.5. The molecule has 0 fully saturated rings. The number of phenolic OH excluding ortho intramolecular Hbond substituents is 1. The zero-order chi connectivity index (χ0) is 20.9. The molecule has 2 N–H and O–H groups in total. The molecule has 0 aromatic heterocycles. The first-order chi connectivity index (χ1) is 14.6. The van der Waals surface area contributed by atoms with Crippen LogP contribution in [0.25, 0.3) is 0 Å². The fourth-order valence-electron chi connectivity index (χ4n) is 3.47. The average molecular weight is 401 g/mol. The molecule has 0 aliphatic carbocycles. The van der Waals surface area contributed by atoms with E-state index in [0.717, 1.165) is 30.1 Å². The number of amides is 1. The fraction of sp³-hybridized carbons (Fsp3) is 0.167. The highest BCUT2D eigenvalue weighted by molar-refractivity contribution is 5.95. The molecule has 0 unspecified atom stereocenters. The second-order valence-corrected chi connectivity index (χ2v) is 7.06. The van der Waals surface area contributed by atoms with Crippen LogP contribution in [-0.2, 0) is 13.1 Å². The van der Waals surface area contributed by atoms with Crippen molar-refractivity contribution >= 4 is 17.8 Å². The Morgan fingerprint density at radius 1 is 1.10 bits per heavy atom. The van der Waals surface area contributed by atoms with Gasteiger partial charge in [0.15, 0.2) is 0 Å². The first-order valence-electron chi connectivity index (χ1n) is 9.84. The molecule has 152 valence electrons. The first kappa shape index (κ1) is 19.5. The summed E-state index contributed by atoms with van der Waals surface area (Å²) >= 11 is 0. The predicted molar refractivity (Wildman–Crippen MR) is 117 cm³/mol. The molecule has 1 amide bonds. The molecule has 0 bridgehead atoms. The highest BCUT2D eigenvalue weighted by atomic mass is 16.5. The molecular formula is C24H23N3O3. The van der Waals surface area contributed by atoms with Gasteiger partial charge in [-0.2, -0.15) is 5.10 Å². The van der Waals surface area contributed by atoms with E-state index in [-0.39, 0.29) is 11.7 Å². The lowest BCUT2D eigenvalue weighted by Crippen LogP contribution is -2.17. The molecule has 0 saturated heterocycles. The number of carbonyl (C=O) groups is 1. The molecule has 0 spiro atoms. The number of nitrogens with one attached hydrogen (secondary N) is 1. The summed E-state index contributed by atoms with van der Waals surface area (Å²) in [5.74, 6) is 0.748. The van der Waals surface area contributed by atoms with Crippen molar-refractivity contribution in [3.63, 3.8) is 0 Å². The van der Waals surface area contributed by atoms with Crippen LogP contribution in [0.4, 0.5) is 5.69 Å². The summed E-state index contributed by atoms with van der Waals surface area (Å²) in [7, 11) is 0. The Hall–Kier alpha value is -3.80. The molecule has 6 nitrogen and oxygen atoms in total. The SMILES string of the molecule is CCOc1ccc(N2Cc3ccc(C(=O)N/N=C\c4cccc(O)c4)cc3C2)cc1. The largest absolute Gasteiger partial charge is 0.508 e. The lowest BCUT2D eigenvalue weighted by atomic mass is 10.1. The number of fused-ring (bicyclic) bond motifs is 1. The maximum Gasteiger partial charge on any atom is 0.271 e. The van der Waals surface area contributed by atoms with Crippen molar-refractivity contribution in [1.29, 1.82) is 0 Å². The number of benzene rings is 3. The van der Waals surface area contributed by atoms with Gasteiger partial charge in [-0.15, -0.1) is 0 Å². The number of hydrazone groups is 1. The van der Waals surface area contributed by atoms with Gasteiger partial charge in [0.25, 0.3) is 5.91 Å². The minimum atomic E-state index is -0.270. The molecule has 30 heavy (non-hydrogen) atoms. The van der Waals surface area contributed by atoms with Gasteiger partial charge in [0.1, 0.15) is 11.5 Å². The van der Waals surface area contributed by atoms with E-state index in [0.29, 0.717) is 17.7 Å². The summed E-state index contributed by atoms with van der Waals surface area (Å²) in [6, 6.07) is 20.5. The monoisotopic (exact) mass is 401 g/mol. The minimum Gasteiger partial charge on any atom is -0.508 e. The molecule has 1 aliphatic rings. The average Bonchev–Trinajstić information content (AvgIpc) is 3.18. The topological polar surface area (TPSA) is 74.2 Å². The highest BCUT2D eigenvalue weighted by Gasteiger charge is 2.20. The van der Waals surface area contributed by atoms with Crippen molar-refractivity contribution in [3.8, 4) is 11.5 Å². The quantitative estimate of drug-likeness (QED) is 0.482. The summed E-state index contributed by atoms with van der Waals surface area (Å²) in [5, 5.41) is 13.5. The molecule has 0 atom stereocenters. The van der Waals surface area contributed by atoms with E-state index in [1.54, 1.807) is 24.3 Å². The van der Waals surface area contributed by atoms with E-state index in [9.17, 15) is 9.90 Å². The van der Waals surface area contributed by atoms with Crippen molar-refractivity contribution in [1.82, 2.24) is 5.43 Å². The lowest BCUT2D eigenvalue weighted by molar-refractivity contribution is 0.0955. The molecule has 4 rings (SSSR count). The van der Waals surface area contributed by atoms with Crippen LogP contribution in [0.1, 0.15) is 34.0 Å². The molecule has 3 aromatic rings. The lowest BCUT2D eigenvalue weighted by Gasteiger charge is -2.18. The van der Waals surface area contributed by atoms with Crippen molar-refractivity contribution in [3.05, 3.63) is 89.0 Å². The number of aromatic hydroxyl groups is 1. The fourth-order valence-corrected chi connectivity index (χ4v) is 3.47. The number of phenols is 1. The van der Waals surface area contributed by atoms with Crippen LogP contribution < -0.4 is 15.1 Å². The summed E-state index contributed by atoms with van der Waals surface area (Å²) < 4.78 is 5.51. The van der Waals surface area contributed by atoms with Crippen LogP contribution >= 0.6 is 0 Å². The molecule has 0 radical (unpaired) electrons. The normalized spacial score (nSPS) is 12.8. The zero-order valence-corrected chi connectivity index (χ0v) is 16.7. The van der Waals surface area contributed by atoms with Gasteiger partial charge in [-0.05, 0) is 72.1 Å². The van der Waals surface area contributed by atoms with Crippen molar-refractivity contribution in [2.45, 2.75) is 20.0 Å². The Kier molecular flexibility index (Phi) is 5.66. The summed E-state index contributed by atoms with van der Waals surface area (Å²) in [6.45, 7) is 4.17. The van der Waals surface area contributed by atoms with Crippen LogP contribution in [0.15, 0.2) is 71.8 Å². The molecule has 3 aromatic carbocycles. The minimum absolute atomic E-state index is 0.154. The van der Waals surface area contributed by atoms with Crippen LogP contribution in [0.2, 0.25) is 0 Å². The number of carbonyl (C=O) groups excluding carboxylic acids is 1. The van der Waals surface area contributed by atoms with E-state index in [1.165, 1.54) is 11.8 Å². The highest BCUT2D eigenvalue weighted by Crippen LogP contribution is 2.30. The van der Waals surface area contributed by atoms with Crippen LogP contribution in [-0.4, -0.2) is 23.8 Å². The van der Waals surface area contributed by atoms with E-state index < -0.39 is 0 Å². The second-order valence-electron chi connectivity index (χ2n) is 7.06.